The molecule has 3 amide bonds. The number of aliphatic hydroxyl groups is 1. The average Bonchev–Trinajstić information content (AvgIpc) is 3.53. The number of halogens is 2. The molecule has 12 heteroatoms. The Hall–Kier alpha value is -1.98. The molecule has 1 unspecified atom stereocenters. The molecule has 1 aliphatic heterocycles. The minimum atomic E-state index is -1.54. The lowest BCUT2D eigenvalue weighted by Crippen LogP contribution is -2.63. The molecule has 39 heavy (non-hydrogen) atoms. The van der Waals surface area contributed by atoms with Crippen molar-refractivity contribution in [3.63, 3.8) is 0 Å². The molecule has 2 heterocycles. The Labute approximate surface area is 241 Å². The largest absolute Gasteiger partial charge is 0.473 e. The van der Waals surface area contributed by atoms with Gasteiger partial charge in [0, 0.05) is 31.3 Å². The first-order valence-electron chi connectivity index (χ1n) is 13.6. The van der Waals surface area contributed by atoms with Crippen LogP contribution in [0.25, 0.3) is 0 Å². The lowest BCUT2D eigenvalue weighted by Gasteiger charge is -2.41. The van der Waals surface area contributed by atoms with Gasteiger partial charge in [-0.15, -0.1) is 12.4 Å². The maximum absolute atomic E-state index is 14.0. The van der Waals surface area contributed by atoms with Crippen molar-refractivity contribution >= 4 is 41.7 Å². The lowest BCUT2D eigenvalue weighted by atomic mass is 9.78. The van der Waals surface area contributed by atoms with E-state index in [9.17, 15) is 19.5 Å². The van der Waals surface area contributed by atoms with Gasteiger partial charge in [-0.2, -0.15) is 0 Å². The van der Waals surface area contributed by atoms with Crippen LogP contribution in [0, 0.1) is 11.3 Å². The van der Waals surface area contributed by atoms with E-state index in [4.69, 9.17) is 22.1 Å². The molecule has 0 bridgehead atoms. The summed E-state index contributed by atoms with van der Waals surface area (Å²) in [4.78, 5) is 46.0. The van der Waals surface area contributed by atoms with E-state index in [0.717, 1.165) is 37.0 Å². The van der Waals surface area contributed by atoms with Gasteiger partial charge in [0.05, 0.1) is 23.1 Å². The number of nitrogens with two attached hydrogens (primary N) is 1. The molecule has 5 atom stereocenters. The van der Waals surface area contributed by atoms with Crippen LogP contribution in [0.15, 0.2) is 18.3 Å². The summed E-state index contributed by atoms with van der Waals surface area (Å²) in [5.74, 6) is -1.04. The Bertz CT molecular complexity index is 1010. The zero-order chi connectivity index (χ0) is 27.6. The fourth-order valence-electron chi connectivity index (χ4n) is 4.84. The van der Waals surface area contributed by atoms with E-state index in [1.165, 1.54) is 6.20 Å². The third-order valence-electron chi connectivity index (χ3n) is 7.74. The fraction of sp³-hybridized carbons (Fsp3) is 0.704. The number of rotatable bonds is 10. The summed E-state index contributed by atoms with van der Waals surface area (Å²) < 4.78 is 5.91. The number of imide groups is 1. The van der Waals surface area contributed by atoms with Crippen LogP contribution < -0.4 is 21.1 Å². The molecule has 0 radical (unpaired) electrons. The number of aliphatic hydroxyl groups excluding tert-OH is 1. The van der Waals surface area contributed by atoms with E-state index < -0.39 is 47.4 Å². The molecule has 0 spiro atoms. The Morgan fingerprint density at radius 1 is 1.26 bits per heavy atom. The van der Waals surface area contributed by atoms with Crippen molar-refractivity contribution < 1.29 is 24.2 Å². The van der Waals surface area contributed by atoms with Gasteiger partial charge in [0.2, 0.25) is 17.7 Å². The van der Waals surface area contributed by atoms with Crippen LogP contribution in [0.2, 0.25) is 5.02 Å². The Kier molecular flexibility index (Phi) is 10.6. The van der Waals surface area contributed by atoms with E-state index >= 15 is 0 Å². The zero-order valence-electron chi connectivity index (χ0n) is 22.8. The molecule has 5 N–H and O–H groups in total. The maximum atomic E-state index is 14.0. The second kappa shape index (κ2) is 13.1. The SMILES string of the molecule is CC(C)(C)[C@H](N)C(=O)N(C(=O)[C@@H]1C[C@@H](Oc2ccc(Cl)cn2)CN1)[C@@H](CC1CCC1)C(O)C(=O)NC1CC1.Cl. The van der Waals surface area contributed by atoms with E-state index in [1.54, 1.807) is 12.1 Å². The summed E-state index contributed by atoms with van der Waals surface area (Å²) in [6, 6.07) is 0.606. The number of carbonyl (C=O) groups is 3. The molecule has 3 fully saturated rings. The Balaban J connectivity index is 0.00000420. The molecular weight excluding hydrogens is 545 g/mol. The van der Waals surface area contributed by atoms with Crippen LogP contribution in [0.1, 0.15) is 65.7 Å². The number of pyridine rings is 1. The third kappa shape index (κ3) is 8.04. The van der Waals surface area contributed by atoms with Crippen LogP contribution in [-0.2, 0) is 14.4 Å². The second-order valence-corrected chi connectivity index (χ2v) is 12.4. The number of nitrogens with one attached hydrogen (secondary N) is 2. The van der Waals surface area contributed by atoms with E-state index in [1.807, 2.05) is 20.8 Å². The molecule has 2 saturated carbocycles. The molecule has 4 rings (SSSR count). The van der Waals surface area contributed by atoms with Gasteiger partial charge in [-0.05, 0) is 36.7 Å². The van der Waals surface area contributed by atoms with Gasteiger partial charge < -0.3 is 26.2 Å². The predicted octanol–water partition coefficient (Wildman–Crippen LogP) is 2.19. The predicted molar refractivity (Wildman–Crippen MR) is 150 cm³/mol. The number of nitrogens with zero attached hydrogens (tertiary/aromatic N) is 2. The molecule has 1 aromatic rings. The highest BCUT2D eigenvalue weighted by molar-refractivity contribution is 6.30. The summed E-state index contributed by atoms with van der Waals surface area (Å²) in [7, 11) is 0. The monoisotopic (exact) mass is 585 g/mol. The van der Waals surface area contributed by atoms with Crippen LogP contribution in [0.4, 0.5) is 0 Å². The van der Waals surface area contributed by atoms with Gasteiger partial charge in [0.15, 0.2) is 6.10 Å². The molecule has 3 aliphatic rings. The minimum absolute atomic E-state index is 0. The van der Waals surface area contributed by atoms with Crippen molar-refractivity contribution in [3.05, 3.63) is 23.4 Å². The lowest BCUT2D eigenvalue weighted by molar-refractivity contribution is -0.157. The van der Waals surface area contributed by atoms with Gasteiger partial charge in [-0.25, -0.2) is 4.98 Å². The summed E-state index contributed by atoms with van der Waals surface area (Å²) in [5, 5.41) is 17.7. The average molecular weight is 587 g/mol. The molecule has 1 aromatic heterocycles. The van der Waals surface area contributed by atoms with Crippen LogP contribution >= 0.6 is 24.0 Å². The smallest absolute Gasteiger partial charge is 0.251 e. The Morgan fingerprint density at radius 3 is 2.49 bits per heavy atom. The van der Waals surface area contributed by atoms with Crippen LogP contribution in [0.3, 0.4) is 0 Å². The van der Waals surface area contributed by atoms with Gasteiger partial charge in [-0.3, -0.25) is 19.3 Å². The van der Waals surface area contributed by atoms with Crippen molar-refractivity contribution in [2.45, 2.75) is 102 Å². The number of hydrogen-bond acceptors (Lipinski definition) is 8. The summed E-state index contributed by atoms with van der Waals surface area (Å²) in [6.07, 6.45) is 4.86. The summed E-state index contributed by atoms with van der Waals surface area (Å²) >= 11 is 5.90. The highest BCUT2D eigenvalue weighted by Gasteiger charge is 2.47. The molecule has 0 aromatic carbocycles. The number of hydrogen-bond donors (Lipinski definition) is 4. The molecule has 2 aliphatic carbocycles. The minimum Gasteiger partial charge on any atom is -0.473 e. The summed E-state index contributed by atoms with van der Waals surface area (Å²) in [5.41, 5.74) is 5.73. The highest BCUT2D eigenvalue weighted by atomic mass is 35.5. The van der Waals surface area contributed by atoms with Crippen LogP contribution in [0.5, 0.6) is 5.88 Å². The molecule has 1 saturated heterocycles. The highest BCUT2D eigenvalue weighted by Crippen LogP contribution is 2.34. The number of aromatic nitrogens is 1. The zero-order valence-corrected chi connectivity index (χ0v) is 24.3. The van der Waals surface area contributed by atoms with Gasteiger partial charge in [0.25, 0.3) is 5.91 Å². The Morgan fingerprint density at radius 2 is 1.95 bits per heavy atom. The standard InChI is InChI=1S/C27H40ClN5O5.ClH/c1-27(2,3)23(29)26(37)33(20(11-15-5-4-6-15)22(34)24(35)32-17-8-9-17)25(36)19-12-18(14-30-19)38-21-10-7-16(28)13-31-21;/h7,10,13,15,17-20,22-23,30,34H,4-6,8-9,11-12,14,29H2,1-3H3,(H,32,35);1H/t18-,19+,20+,22?,23-;/m1./s1. The normalized spacial score (nSPS) is 23.5. The molecule has 218 valence electrons. The molecular formula is C27H41Cl2N5O5. The first-order chi connectivity index (χ1) is 17.9. The topological polar surface area (TPSA) is 147 Å². The van der Waals surface area contributed by atoms with E-state index in [-0.39, 0.29) is 36.9 Å². The quantitative estimate of drug-likeness (QED) is 0.326. The number of ether oxygens (including phenoxy) is 1. The van der Waals surface area contributed by atoms with Crippen molar-refractivity contribution in [3.8, 4) is 5.88 Å². The van der Waals surface area contributed by atoms with Crippen molar-refractivity contribution in [1.82, 2.24) is 20.5 Å². The third-order valence-corrected chi connectivity index (χ3v) is 7.96. The van der Waals surface area contributed by atoms with Gasteiger partial charge in [-0.1, -0.05) is 51.6 Å². The first-order valence-corrected chi connectivity index (χ1v) is 13.9. The van der Waals surface area contributed by atoms with E-state index in [0.29, 0.717) is 23.9 Å². The van der Waals surface area contributed by atoms with Gasteiger partial charge in [0.1, 0.15) is 6.10 Å². The molecule has 10 nitrogen and oxygen atoms in total. The fourth-order valence-corrected chi connectivity index (χ4v) is 4.95. The summed E-state index contributed by atoms with van der Waals surface area (Å²) in [6.45, 7) is 5.84. The number of amides is 3. The van der Waals surface area contributed by atoms with Crippen molar-refractivity contribution in [2.75, 3.05) is 6.54 Å². The first kappa shape index (κ1) is 31.5. The van der Waals surface area contributed by atoms with E-state index in [2.05, 4.69) is 15.6 Å². The van der Waals surface area contributed by atoms with Gasteiger partial charge >= 0.3 is 0 Å². The van der Waals surface area contributed by atoms with Crippen molar-refractivity contribution in [1.29, 1.82) is 0 Å². The van der Waals surface area contributed by atoms with Crippen molar-refractivity contribution in [2.24, 2.45) is 17.1 Å². The van der Waals surface area contributed by atoms with Crippen LogP contribution in [-0.4, -0.2) is 75.6 Å². The second-order valence-electron chi connectivity index (χ2n) is 12.0. The number of carbonyl (C=O) groups excluding carboxylic acids is 3. The maximum Gasteiger partial charge on any atom is 0.251 e.